The molecule has 0 unspecified atom stereocenters. The second kappa shape index (κ2) is 3.18. The Morgan fingerprint density at radius 3 is 2.75 bits per heavy atom. The van der Waals surface area contributed by atoms with Gasteiger partial charge in [0.2, 0.25) is 0 Å². The van der Waals surface area contributed by atoms with E-state index in [0.717, 1.165) is 0 Å². The van der Waals surface area contributed by atoms with Gasteiger partial charge in [0, 0.05) is 6.42 Å². The molecule has 0 bridgehead atoms. The van der Waals surface area contributed by atoms with Crippen LogP contribution in [0.3, 0.4) is 0 Å². The van der Waals surface area contributed by atoms with Crippen molar-refractivity contribution in [2.24, 2.45) is 0 Å². The third-order valence-corrected chi connectivity index (χ3v) is 2.05. The predicted molar refractivity (Wildman–Crippen MR) is 40.6 cm³/mol. The summed E-state index contributed by atoms with van der Waals surface area (Å²) in [5.74, 6) is -5.73. The lowest BCUT2D eigenvalue weighted by Gasteiger charge is -2.08. The van der Waals surface area contributed by atoms with Crippen LogP contribution in [0.25, 0.3) is 0 Å². The molecule has 0 aromatic carbocycles. The number of rotatable bonds is 3. The zero-order valence-corrected chi connectivity index (χ0v) is 6.78. The van der Waals surface area contributed by atoms with E-state index in [4.69, 9.17) is 5.11 Å². The van der Waals surface area contributed by atoms with Gasteiger partial charge >= 0.3 is 11.9 Å². The average molecular weight is 192 g/mol. The number of thiophene rings is 1. The molecule has 1 N–H and O–H groups in total. The standard InChI is InChI=1S/C7H6F2O2S/c8-7(9,6(10)11)3-5-1-2-12-4-5/h1-2,4H,3H2,(H,10,11). The van der Waals surface area contributed by atoms with E-state index in [1.807, 2.05) is 0 Å². The molecule has 0 atom stereocenters. The fourth-order valence-electron chi connectivity index (χ4n) is 0.725. The van der Waals surface area contributed by atoms with E-state index in [9.17, 15) is 13.6 Å². The second-order valence-electron chi connectivity index (χ2n) is 2.32. The number of hydrogen-bond acceptors (Lipinski definition) is 2. The van der Waals surface area contributed by atoms with E-state index in [1.54, 1.807) is 5.38 Å². The van der Waals surface area contributed by atoms with Crippen LogP contribution in [-0.2, 0) is 11.2 Å². The van der Waals surface area contributed by atoms with Gasteiger partial charge in [0.1, 0.15) is 0 Å². The van der Waals surface area contributed by atoms with Crippen LogP contribution >= 0.6 is 11.3 Å². The quantitative estimate of drug-likeness (QED) is 0.795. The molecule has 1 heterocycles. The maximum absolute atomic E-state index is 12.5. The summed E-state index contributed by atoms with van der Waals surface area (Å²) < 4.78 is 25.0. The molecule has 0 saturated heterocycles. The number of hydrogen-bond donors (Lipinski definition) is 1. The first-order chi connectivity index (χ1) is 5.52. The molecule has 1 aromatic heterocycles. The zero-order valence-electron chi connectivity index (χ0n) is 5.96. The van der Waals surface area contributed by atoms with E-state index in [-0.39, 0.29) is 0 Å². The van der Waals surface area contributed by atoms with Gasteiger partial charge < -0.3 is 5.11 Å². The first kappa shape index (κ1) is 9.12. The van der Waals surface area contributed by atoms with Crippen molar-refractivity contribution in [3.05, 3.63) is 22.4 Å². The van der Waals surface area contributed by atoms with Gasteiger partial charge in [-0.2, -0.15) is 20.1 Å². The maximum Gasteiger partial charge on any atom is 0.374 e. The van der Waals surface area contributed by atoms with Crippen LogP contribution in [0, 0.1) is 0 Å². The lowest BCUT2D eigenvalue weighted by molar-refractivity contribution is -0.164. The molecule has 12 heavy (non-hydrogen) atoms. The molecule has 5 heteroatoms. The van der Waals surface area contributed by atoms with Gasteiger partial charge in [0.15, 0.2) is 0 Å². The van der Waals surface area contributed by atoms with Crippen LogP contribution in [0.4, 0.5) is 8.78 Å². The summed E-state index contributed by atoms with van der Waals surface area (Å²) in [6, 6.07) is 1.49. The zero-order chi connectivity index (χ0) is 9.19. The van der Waals surface area contributed by atoms with E-state index in [0.29, 0.717) is 5.56 Å². The Labute approximate surface area is 71.5 Å². The first-order valence-electron chi connectivity index (χ1n) is 3.14. The molecule has 0 aliphatic carbocycles. The Hall–Kier alpha value is -0.970. The van der Waals surface area contributed by atoms with Gasteiger partial charge in [0.25, 0.3) is 0 Å². The minimum atomic E-state index is -3.65. The topological polar surface area (TPSA) is 37.3 Å². The lowest BCUT2D eigenvalue weighted by Crippen LogP contribution is -2.30. The van der Waals surface area contributed by atoms with Crippen molar-refractivity contribution in [1.82, 2.24) is 0 Å². The van der Waals surface area contributed by atoms with Crippen molar-refractivity contribution < 1.29 is 18.7 Å². The fourth-order valence-corrected chi connectivity index (χ4v) is 1.39. The van der Waals surface area contributed by atoms with Gasteiger partial charge in [-0.05, 0) is 22.4 Å². The molecule has 1 rings (SSSR count). The highest BCUT2D eigenvalue weighted by Gasteiger charge is 2.38. The molecule has 2 nitrogen and oxygen atoms in total. The highest BCUT2D eigenvalue weighted by Crippen LogP contribution is 2.21. The molecule has 0 aliphatic rings. The Morgan fingerprint density at radius 2 is 2.33 bits per heavy atom. The number of aliphatic carboxylic acids is 1. The molecule has 0 saturated carbocycles. The third kappa shape index (κ3) is 2.01. The predicted octanol–water partition coefficient (Wildman–Crippen LogP) is 2.01. The maximum atomic E-state index is 12.5. The van der Waals surface area contributed by atoms with Crippen molar-refractivity contribution in [2.45, 2.75) is 12.3 Å². The van der Waals surface area contributed by atoms with Gasteiger partial charge in [-0.1, -0.05) is 0 Å². The van der Waals surface area contributed by atoms with Crippen molar-refractivity contribution >= 4 is 17.3 Å². The minimum absolute atomic E-state index is 0.354. The van der Waals surface area contributed by atoms with Gasteiger partial charge in [0.05, 0.1) is 0 Å². The molecule has 66 valence electrons. The summed E-state index contributed by atoms with van der Waals surface area (Å²) in [6.45, 7) is 0. The lowest BCUT2D eigenvalue weighted by atomic mass is 10.1. The molecule has 0 amide bonds. The SMILES string of the molecule is O=C(O)C(F)(F)Cc1ccsc1. The molecule has 0 radical (unpaired) electrons. The number of carboxylic acid groups (broad SMARTS) is 1. The van der Waals surface area contributed by atoms with Crippen LogP contribution in [0.2, 0.25) is 0 Å². The second-order valence-corrected chi connectivity index (χ2v) is 3.10. The van der Waals surface area contributed by atoms with Gasteiger partial charge in [-0.25, -0.2) is 4.79 Å². The number of halogens is 2. The monoisotopic (exact) mass is 192 g/mol. The Balaban J connectivity index is 2.69. The normalized spacial score (nSPS) is 11.5. The number of alkyl halides is 2. The smallest absolute Gasteiger partial charge is 0.374 e. The van der Waals surface area contributed by atoms with Crippen LogP contribution in [0.5, 0.6) is 0 Å². The Bertz CT molecular complexity index is 269. The summed E-state index contributed by atoms with van der Waals surface area (Å²) in [7, 11) is 0. The average Bonchev–Trinajstić information content (AvgIpc) is 2.38. The third-order valence-electron chi connectivity index (χ3n) is 1.32. The first-order valence-corrected chi connectivity index (χ1v) is 4.09. The van der Waals surface area contributed by atoms with E-state index in [2.05, 4.69) is 0 Å². The van der Waals surface area contributed by atoms with Crippen LogP contribution in [-0.4, -0.2) is 17.0 Å². The van der Waals surface area contributed by atoms with Crippen molar-refractivity contribution in [3.63, 3.8) is 0 Å². The molecule has 0 aliphatic heterocycles. The van der Waals surface area contributed by atoms with Crippen LogP contribution in [0.15, 0.2) is 16.8 Å². The van der Waals surface area contributed by atoms with Gasteiger partial charge in [-0.3, -0.25) is 0 Å². The van der Waals surface area contributed by atoms with Crippen molar-refractivity contribution in [3.8, 4) is 0 Å². The van der Waals surface area contributed by atoms with Crippen LogP contribution in [0.1, 0.15) is 5.56 Å². The number of carboxylic acids is 1. The van der Waals surface area contributed by atoms with Crippen molar-refractivity contribution in [2.75, 3.05) is 0 Å². The molecule has 1 aromatic rings. The molecule has 0 spiro atoms. The Kier molecular flexibility index (Phi) is 2.42. The summed E-state index contributed by atoms with van der Waals surface area (Å²) in [5.41, 5.74) is 0.354. The fraction of sp³-hybridized carbons (Fsp3) is 0.286. The van der Waals surface area contributed by atoms with E-state index >= 15 is 0 Å². The Morgan fingerprint density at radius 1 is 1.67 bits per heavy atom. The van der Waals surface area contributed by atoms with Crippen molar-refractivity contribution in [1.29, 1.82) is 0 Å². The molecular weight excluding hydrogens is 186 g/mol. The number of carbonyl (C=O) groups is 1. The summed E-state index contributed by atoms with van der Waals surface area (Å²) in [4.78, 5) is 10.0. The summed E-state index contributed by atoms with van der Waals surface area (Å²) in [5, 5.41) is 11.2. The summed E-state index contributed by atoms with van der Waals surface area (Å²) in [6.07, 6.45) is -0.730. The molecular formula is C7H6F2O2S. The molecule has 0 fully saturated rings. The largest absolute Gasteiger partial charge is 0.477 e. The highest BCUT2D eigenvalue weighted by molar-refractivity contribution is 7.07. The minimum Gasteiger partial charge on any atom is -0.477 e. The van der Waals surface area contributed by atoms with Crippen LogP contribution < -0.4 is 0 Å². The van der Waals surface area contributed by atoms with Gasteiger partial charge in [-0.15, -0.1) is 0 Å². The van der Waals surface area contributed by atoms with E-state index in [1.165, 1.54) is 22.8 Å². The summed E-state index contributed by atoms with van der Waals surface area (Å²) >= 11 is 1.27. The van der Waals surface area contributed by atoms with E-state index < -0.39 is 18.3 Å². The highest BCUT2D eigenvalue weighted by atomic mass is 32.1.